The minimum Gasteiger partial charge on any atom is -0.368 e. The zero-order valence-corrected chi connectivity index (χ0v) is 18.2. The van der Waals surface area contributed by atoms with Gasteiger partial charge < -0.3 is 15.1 Å². The molecule has 3 aromatic rings. The monoisotopic (exact) mass is 418 g/mol. The smallest absolute Gasteiger partial charge is 0.252 e. The molecule has 2 fully saturated rings. The molecule has 1 saturated heterocycles. The molecule has 2 heterocycles. The molecule has 0 spiro atoms. The number of pyridine rings is 1. The Morgan fingerprint density at radius 2 is 1.94 bits per heavy atom. The molecule has 1 saturated carbocycles. The molecule has 0 atom stereocenters. The fourth-order valence-electron chi connectivity index (χ4n) is 4.49. The second kappa shape index (κ2) is 7.31. The lowest BCUT2D eigenvalue weighted by molar-refractivity contribution is 0.0930. The molecule has 5 nitrogen and oxygen atoms in total. The highest BCUT2D eigenvalue weighted by atomic mass is 19.1. The summed E-state index contributed by atoms with van der Waals surface area (Å²) < 4.78 is 14.3. The van der Waals surface area contributed by atoms with Crippen molar-refractivity contribution in [2.75, 3.05) is 32.1 Å². The van der Waals surface area contributed by atoms with E-state index in [0.717, 1.165) is 48.1 Å². The van der Waals surface area contributed by atoms with Gasteiger partial charge in [-0.05, 0) is 74.6 Å². The average molecular weight is 419 g/mol. The first-order valence-corrected chi connectivity index (χ1v) is 10.8. The van der Waals surface area contributed by atoms with Gasteiger partial charge >= 0.3 is 0 Å². The Balaban J connectivity index is 1.41. The van der Waals surface area contributed by atoms with Gasteiger partial charge in [-0.25, -0.2) is 4.39 Å². The topological polar surface area (TPSA) is 48.5 Å². The molecule has 1 aliphatic heterocycles. The molecule has 2 aromatic carbocycles. The van der Waals surface area contributed by atoms with Crippen molar-refractivity contribution in [2.45, 2.75) is 31.3 Å². The minimum atomic E-state index is -0.445. The number of anilines is 1. The maximum absolute atomic E-state index is 14.3. The third-order valence-corrected chi connectivity index (χ3v) is 6.81. The fraction of sp³-hybridized carbons (Fsp3) is 0.360. The zero-order chi connectivity index (χ0) is 21.8. The highest BCUT2D eigenvalue weighted by Gasteiger charge is 2.47. The summed E-state index contributed by atoms with van der Waals surface area (Å²) in [5.41, 5.74) is 3.25. The molecule has 1 amide bonds. The van der Waals surface area contributed by atoms with E-state index in [2.05, 4.69) is 40.3 Å². The molecule has 1 aromatic heterocycles. The van der Waals surface area contributed by atoms with Crippen LogP contribution in [0, 0.1) is 12.7 Å². The molecular weight excluding hydrogens is 391 g/mol. The van der Waals surface area contributed by atoms with E-state index < -0.39 is 5.54 Å². The Morgan fingerprint density at radius 3 is 2.65 bits per heavy atom. The van der Waals surface area contributed by atoms with E-state index in [-0.39, 0.29) is 11.7 Å². The maximum Gasteiger partial charge on any atom is 0.252 e. The molecule has 0 bridgehead atoms. The lowest BCUT2D eigenvalue weighted by Crippen LogP contribution is -2.57. The minimum absolute atomic E-state index is 0.0759. The summed E-state index contributed by atoms with van der Waals surface area (Å²) in [5.74, 6) is -0.365. The van der Waals surface area contributed by atoms with Crippen LogP contribution in [0.5, 0.6) is 0 Å². The van der Waals surface area contributed by atoms with Gasteiger partial charge in [0.25, 0.3) is 5.91 Å². The number of aromatic nitrogens is 1. The Bertz CT molecular complexity index is 1170. The summed E-state index contributed by atoms with van der Waals surface area (Å²) in [4.78, 5) is 21.9. The Labute approximate surface area is 181 Å². The van der Waals surface area contributed by atoms with Crippen LogP contribution < -0.4 is 10.2 Å². The summed E-state index contributed by atoms with van der Waals surface area (Å²) in [6, 6.07) is 11.8. The fourth-order valence-corrected chi connectivity index (χ4v) is 4.49. The Morgan fingerprint density at radius 1 is 1.16 bits per heavy atom. The molecule has 6 heteroatoms. The van der Waals surface area contributed by atoms with Gasteiger partial charge in [0.15, 0.2) is 0 Å². The van der Waals surface area contributed by atoms with Gasteiger partial charge in [0.05, 0.1) is 5.54 Å². The largest absolute Gasteiger partial charge is 0.368 e. The third-order valence-electron chi connectivity index (χ3n) is 6.81. The number of aryl methyl sites for hydroxylation is 1. The Kier molecular flexibility index (Phi) is 4.70. The number of nitrogens with one attached hydrogen (secondary N) is 1. The van der Waals surface area contributed by atoms with E-state index >= 15 is 0 Å². The number of hydrogen-bond donors (Lipinski definition) is 1. The number of hydrogen-bond acceptors (Lipinski definition) is 4. The van der Waals surface area contributed by atoms with Gasteiger partial charge in [-0.3, -0.25) is 9.78 Å². The van der Waals surface area contributed by atoms with Gasteiger partial charge in [-0.15, -0.1) is 0 Å². The number of benzene rings is 2. The zero-order valence-electron chi connectivity index (χ0n) is 18.2. The van der Waals surface area contributed by atoms with E-state index in [9.17, 15) is 9.18 Å². The maximum atomic E-state index is 14.3. The molecule has 160 valence electrons. The van der Waals surface area contributed by atoms with Crippen LogP contribution in [-0.2, 0) is 5.54 Å². The van der Waals surface area contributed by atoms with Gasteiger partial charge in [0.1, 0.15) is 5.82 Å². The van der Waals surface area contributed by atoms with Crippen LogP contribution in [0.3, 0.4) is 0 Å². The first kappa shape index (κ1) is 19.9. The lowest BCUT2D eigenvalue weighted by atomic mass is 9.96. The van der Waals surface area contributed by atoms with Gasteiger partial charge in [0.2, 0.25) is 0 Å². The van der Waals surface area contributed by atoms with Crippen LogP contribution in [0.15, 0.2) is 48.8 Å². The predicted molar refractivity (Wildman–Crippen MR) is 121 cm³/mol. The number of halogens is 1. The lowest BCUT2D eigenvalue weighted by Gasteiger charge is -2.44. The number of rotatable bonds is 5. The standard InChI is InChI=1S/C25H27FN4O/c1-16-4-5-17(30-14-18(15-30)29(2)3)12-20(16)24(31)28-25(9-10-25)22-6-7-23(26)21-13-27-11-8-19(21)22/h4-8,11-13,18H,9-10,14-15H2,1-3H3,(H,28,31). The van der Waals surface area contributed by atoms with Crippen molar-refractivity contribution in [1.29, 1.82) is 0 Å². The summed E-state index contributed by atoms with van der Waals surface area (Å²) in [7, 11) is 4.20. The van der Waals surface area contributed by atoms with E-state index in [4.69, 9.17) is 0 Å². The normalized spacial score (nSPS) is 17.6. The number of nitrogens with zero attached hydrogens (tertiary/aromatic N) is 3. The van der Waals surface area contributed by atoms with Crippen molar-refractivity contribution in [3.63, 3.8) is 0 Å². The SMILES string of the molecule is Cc1ccc(N2CC(N(C)C)C2)cc1C(=O)NC1(c2ccc(F)c3cnccc23)CC1. The number of carbonyl (C=O) groups is 1. The molecule has 31 heavy (non-hydrogen) atoms. The van der Waals surface area contributed by atoms with Crippen molar-refractivity contribution < 1.29 is 9.18 Å². The molecule has 5 rings (SSSR count). The number of amides is 1. The average Bonchev–Trinajstić information content (AvgIpc) is 3.48. The summed E-state index contributed by atoms with van der Waals surface area (Å²) >= 11 is 0. The van der Waals surface area contributed by atoms with Gasteiger partial charge in [-0.2, -0.15) is 0 Å². The van der Waals surface area contributed by atoms with Crippen LogP contribution in [0.25, 0.3) is 10.8 Å². The van der Waals surface area contributed by atoms with Crippen LogP contribution in [-0.4, -0.2) is 49.0 Å². The van der Waals surface area contributed by atoms with Gasteiger partial charge in [-0.1, -0.05) is 12.1 Å². The molecule has 2 aliphatic rings. The van der Waals surface area contributed by atoms with Crippen LogP contribution in [0.1, 0.15) is 34.3 Å². The van der Waals surface area contributed by atoms with E-state index in [1.54, 1.807) is 18.5 Å². The van der Waals surface area contributed by atoms with Crippen molar-refractivity contribution in [2.24, 2.45) is 0 Å². The van der Waals surface area contributed by atoms with Crippen LogP contribution in [0.2, 0.25) is 0 Å². The first-order chi connectivity index (χ1) is 14.9. The second-order valence-corrected chi connectivity index (χ2v) is 9.07. The number of fused-ring (bicyclic) bond motifs is 1. The second-order valence-electron chi connectivity index (χ2n) is 9.07. The Hall–Kier alpha value is -2.99. The van der Waals surface area contributed by atoms with Crippen LogP contribution >= 0.6 is 0 Å². The van der Waals surface area contributed by atoms with E-state index in [0.29, 0.717) is 17.0 Å². The molecule has 0 radical (unpaired) electrons. The molecule has 0 unspecified atom stereocenters. The van der Waals surface area contributed by atoms with Crippen LogP contribution in [0.4, 0.5) is 10.1 Å². The number of carbonyl (C=O) groups excluding carboxylic acids is 1. The van der Waals surface area contributed by atoms with Crippen molar-refractivity contribution in [1.82, 2.24) is 15.2 Å². The molecule has 1 N–H and O–H groups in total. The van der Waals surface area contributed by atoms with E-state index in [1.165, 1.54) is 6.07 Å². The number of likely N-dealkylation sites (N-methyl/N-ethyl adjacent to an activating group) is 1. The van der Waals surface area contributed by atoms with Crippen molar-refractivity contribution in [3.05, 3.63) is 71.3 Å². The van der Waals surface area contributed by atoms with Crippen molar-refractivity contribution in [3.8, 4) is 0 Å². The van der Waals surface area contributed by atoms with E-state index in [1.807, 2.05) is 25.1 Å². The quantitative estimate of drug-likeness (QED) is 0.684. The summed E-state index contributed by atoms with van der Waals surface area (Å²) in [6.45, 7) is 3.91. The highest BCUT2D eigenvalue weighted by molar-refractivity contribution is 5.98. The molecule has 1 aliphatic carbocycles. The van der Waals surface area contributed by atoms with Gasteiger partial charge in [0, 0.05) is 48.2 Å². The summed E-state index contributed by atoms with van der Waals surface area (Å²) in [6.07, 6.45) is 4.91. The predicted octanol–water partition coefficient (Wildman–Crippen LogP) is 3.85. The first-order valence-electron chi connectivity index (χ1n) is 10.8. The van der Waals surface area contributed by atoms with Crippen molar-refractivity contribution >= 4 is 22.4 Å². The summed E-state index contributed by atoms with van der Waals surface area (Å²) in [5, 5.41) is 4.58. The molecular formula is C25H27FN4O. The third kappa shape index (κ3) is 3.45. The highest BCUT2D eigenvalue weighted by Crippen LogP contribution is 2.48.